The second-order valence-corrected chi connectivity index (χ2v) is 10.8. The Kier molecular flexibility index (Phi) is 8.93. The molecular formula is C26H29BrN2O5S. The first kappa shape index (κ1) is 26.7. The van der Waals surface area contributed by atoms with Gasteiger partial charge in [-0.1, -0.05) is 53.2 Å². The van der Waals surface area contributed by atoms with E-state index in [9.17, 15) is 13.2 Å². The normalized spacial score (nSPS) is 11.4. The van der Waals surface area contributed by atoms with Crippen LogP contribution in [0.3, 0.4) is 0 Å². The number of hydrogen-bond acceptors (Lipinski definition) is 5. The van der Waals surface area contributed by atoms with Gasteiger partial charge in [0.25, 0.3) is 0 Å². The third-order valence-electron chi connectivity index (χ3n) is 5.54. The Hall–Kier alpha value is -2.88. The fourth-order valence-electron chi connectivity index (χ4n) is 3.75. The molecule has 7 nitrogen and oxygen atoms in total. The molecule has 0 aliphatic heterocycles. The zero-order chi connectivity index (χ0) is 25.6. The molecule has 0 atom stereocenters. The predicted molar refractivity (Wildman–Crippen MR) is 140 cm³/mol. The second kappa shape index (κ2) is 11.7. The number of sulfonamides is 1. The summed E-state index contributed by atoms with van der Waals surface area (Å²) >= 11 is 3.49. The highest BCUT2D eigenvalue weighted by Crippen LogP contribution is 2.32. The molecule has 0 aliphatic rings. The fraction of sp³-hybridized carbons (Fsp3) is 0.269. The number of ether oxygens (including phenoxy) is 2. The third-order valence-corrected chi connectivity index (χ3v) is 7.81. The maximum atomic E-state index is 13.8. The Morgan fingerprint density at radius 1 is 1.03 bits per heavy atom. The largest absolute Gasteiger partial charge is 0.497 e. The molecule has 9 heteroatoms. The summed E-state index contributed by atoms with van der Waals surface area (Å²) in [6.07, 6.45) is 0.711. The van der Waals surface area contributed by atoms with E-state index in [4.69, 9.17) is 9.47 Å². The molecule has 3 aromatic rings. The van der Waals surface area contributed by atoms with Gasteiger partial charge in [-0.05, 0) is 54.3 Å². The summed E-state index contributed by atoms with van der Waals surface area (Å²) in [4.78, 5) is 13.1. The van der Waals surface area contributed by atoms with E-state index in [1.54, 1.807) is 6.07 Å². The molecule has 3 rings (SSSR count). The predicted octanol–water partition coefficient (Wildman–Crippen LogP) is 5.17. The van der Waals surface area contributed by atoms with E-state index in [1.165, 1.54) is 26.4 Å². The van der Waals surface area contributed by atoms with Crippen molar-refractivity contribution in [1.82, 2.24) is 4.31 Å². The van der Waals surface area contributed by atoms with Gasteiger partial charge in [-0.25, -0.2) is 8.42 Å². The molecule has 0 bridgehead atoms. The number of nitrogens with zero attached hydrogens (tertiary/aromatic N) is 1. The molecular weight excluding hydrogens is 532 g/mol. The number of carbonyl (C=O) groups excluding carboxylic acids is 1. The number of hydrogen-bond donors (Lipinski definition) is 1. The topological polar surface area (TPSA) is 84.9 Å². The number of amides is 1. The van der Waals surface area contributed by atoms with E-state index in [-0.39, 0.29) is 23.7 Å². The van der Waals surface area contributed by atoms with Crippen molar-refractivity contribution < 1.29 is 22.7 Å². The first-order valence-corrected chi connectivity index (χ1v) is 13.3. The minimum atomic E-state index is -4.13. The Balaban J connectivity index is 1.99. The van der Waals surface area contributed by atoms with E-state index in [0.717, 1.165) is 25.5 Å². The Morgan fingerprint density at radius 3 is 2.37 bits per heavy atom. The second-order valence-electron chi connectivity index (χ2n) is 7.93. The summed E-state index contributed by atoms with van der Waals surface area (Å²) in [6, 6.07) is 17.5. The number of rotatable bonds is 10. The Morgan fingerprint density at radius 2 is 1.74 bits per heavy atom. The van der Waals surface area contributed by atoms with Gasteiger partial charge in [0.2, 0.25) is 15.9 Å². The SMILES string of the molecule is CCc1cc(Br)cc(C)c1NC(=O)CN(Cc1ccccc1)S(=O)(=O)c1cc(OC)ccc1OC. The standard InChI is InChI=1S/C26H29BrN2O5S/c1-5-20-14-21(27)13-18(2)26(20)28-25(30)17-29(16-19-9-7-6-8-10-19)35(31,32)24-15-22(33-3)11-12-23(24)34-4/h6-15H,5,16-17H2,1-4H3,(H,28,30). The van der Waals surface area contributed by atoms with E-state index in [2.05, 4.69) is 21.2 Å². The first-order valence-electron chi connectivity index (χ1n) is 11.0. The van der Waals surface area contributed by atoms with Crippen molar-refractivity contribution in [2.75, 3.05) is 26.1 Å². The summed E-state index contributed by atoms with van der Waals surface area (Å²) in [5.74, 6) is 0.0966. The van der Waals surface area contributed by atoms with Crippen molar-refractivity contribution >= 4 is 37.5 Å². The number of aryl methyl sites for hydroxylation is 2. The van der Waals surface area contributed by atoms with Gasteiger partial charge >= 0.3 is 0 Å². The maximum Gasteiger partial charge on any atom is 0.247 e. The van der Waals surface area contributed by atoms with Crippen LogP contribution >= 0.6 is 15.9 Å². The lowest BCUT2D eigenvalue weighted by Gasteiger charge is -2.24. The van der Waals surface area contributed by atoms with Gasteiger partial charge in [0.15, 0.2) is 0 Å². The molecule has 0 fully saturated rings. The van der Waals surface area contributed by atoms with Crippen LogP contribution in [-0.2, 0) is 27.8 Å². The lowest BCUT2D eigenvalue weighted by Crippen LogP contribution is -2.38. The number of anilines is 1. The minimum Gasteiger partial charge on any atom is -0.497 e. The number of methoxy groups -OCH3 is 2. The molecule has 0 radical (unpaired) electrons. The summed E-state index contributed by atoms with van der Waals surface area (Å²) < 4.78 is 40.2. The van der Waals surface area contributed by atoms with Crippen molar-refractivity contribution in [3.8, 4) is 11.5 Å². The van der Waals surface area contributed by atoms with Crippen LogP contribution in [-0.4, -0.2) is 39.4 Å². The third kappa shape index (κ3) is 6.42. The minimum absolute atomic E-state index is 0.0108. The lowest BCUT2D eigenvalue weighted by molar-refractivity contribution is -0.116. The molecule has 1 amide bonds. The van der Waals surface area contributed by atoms with Crippen LogP contribution in [0.1, 0.15) is 23.6 Å². The van der Waals surface area contributed by atoms with Gasteiger partial charge in [-0.2, -0.15) is 4.31 Å². The highest BCUT2D eigenvalue weighted by Gasteiger charge is 2.30. The number of carbonyl (C=O) groups is 1. The van der Waals surface area contributed by atoms with Crippen LogP contribution < -0.4 is 14.8 Å². The average molecular weight is 561 g/mol. The monoisotopic (exact) mass is 560 g/mol. The summed E-state index contributed by atoms with van der Waals surface area (Å²) in [5.41, 5.74) is 3.28. The molecule has 0 heterocycles. The van der Waals surface area contributed by atoms with Gasteiger partial charge in [0.05, 0.1) is 20.8 Å². The molecule has 186 valence electrons. The van der Waals surface area contributed by atoms with Crippen molar-refractivity contribution in [3.05, 3.63) is 81.8 Å². The molecule has 0 aliphatic carbocycles. The fourth-order valence-corrected chi connectivity index (χ4v) is 5.92. The smallest absolute Gasteiger partial charge is 0.247 e. The molecule has 0 aromatic heterocycles. The number of nitrogens with one attached hydrogen (secondary N) is 1. The first-order chi connectivity index (χ1) is 16.7. The summed E-state index contributed by atoms with van der Waals surface area (Å²) in [6.45, 7) is 3.53. The summed E-state index contributed by atoms with van der Waals surface area (Å²) in [5, 5.41) is 2.93. The van der Waals surface area contributed by atoms with Gasteiger partial charge in [-0.3, -0.25) is 4.79 Å². The van der Waals surface area contributed by atoms with Crippen molar-refractivity contribution in [3.63, 3.8) is 0 Å². The average Bonchev–Trinajstić information content (AvgIpc) is 2.85. The van der Waals surface area contributed by atoms with Crippen molar-refractivity contribution in [2.24, 2.45) is 0 Å². The van der Waals surface area contributed by atoms with Crippen LogP contribution in [0.4, 0.5) is 5.69 Å². The van der Waals surface area contributed by atoms with Crippen LogP contribution in [0.25, 0.3) is 0 Å². The van der Waals surface area contributed by atoms with E-state index in [1.807, 2.05) is 56.3 Å². The van der Waals surface area contributed by atoms with Gasteiger partial charge in [-0.15, -0.1) is 0 Å². The summed E-state index contributed by atoms with van der Waals surface area (Å²) in [7, 11) is -1.28. The van der Waals surface area contributed by atoms with Crippen molar-refractivity contribution in [2.45, 2.75) is 31.7 Å². The highest BCUT2D eigenvalue weighted by atomic mass is 79.9. The lowest BCUT2D eigenvalue weighted by atomic mass is 10.1. The quantitative estimate of drug-likeness (QED) is 0.370. The van der Waals surface area contributed by atoms with Crippen LogP contribution in [0.2, 0.25) is 0 Å². The highest BCUT2D eigenvalue weighted by molar-refractivity contribution is 9.10. The molecule has 0 saturated heterocycles. The van der Waals surface area contributed by atoms with Crippen LogP contribution in [0.15, 0.2) is 70.0 Å². The zero-order valence-corrected chi connectivity index (χ0v) is 22.6. The van der Waals surface area contributed by atoms with Gasteiger partial charge in [0.1, 0.15) is 16.4 Å². The maximum absolute atomic E-state index is 13.8. The van der Waals surface area contributed by atoms with Crippen LogP contribution in [0.5, 0.6) is 11.5 Å². The molecule has 0 unspecified atom stereocenters. The molecule has 0 spiro atoms. The molecule has 3 aromatic carbocycles. The molecule has 1 N–H and O–H groups in total. The molecule has 0 saturated carbocycles. The number of halogens is 1. The Labute approximate surface area is 215 Å². The Bertz CT molecular complexity index is 1300. The van der Waals surface area contributed by atoms with Gasteiger partial charge < -0.3 is 14.8 Å². The molecule has 35 heavy (non-hydrogen) atoms. The van der Waals surface area contributed by atoms with E-state index in [0.29, 0.717) is 17.9 Å². The van der Waals surface area contributed by atoms with E-state index >= 15 is 0 Å². The number of benzene rings is 3. The van der Waals surface area contributed by atoms with Gasteiger partial charge in [0, 0.05) is 22.8 Å². The van der Waals surface area contributed by atoms with Crippen molar-refractivity contribution in [1.29, 1.82) is 0 Å². The zero-order valence-electron chi connectivity index (χ0n) is 20.2. The van der Waals surface area contributed by atoms with E-state index < -0.39 is 15.9 Å². The van der Waals surface area contributed by atoms with Crippen LogP contribution in [0, 0.1) is 6.92 Å².